The number of unbranched alkanes of at least 4 members (excludes halogenated alkanes) is 1. The van der Waals surface area contributed by atoms with Gasteiger partial charge in [-0.15, -0.1) is 5.73 Å². The van der Waals surface area contributed by atoms with Gasteiger partial charge in [-0.2, -0.15) is 0 Å². The SMILES string of the molecule is CC(C)(C)[Si](C)(C)O[Si](C)(C)C(C)(C)C.OCC=C=CCCCI. The maximum Gasteiger partial charge on any atom is 0.178 e. The van der Waals surface area contributed by atoms with Gasteiger partial charge in [0.15, 0.2) is 16.6 Å². The minimum atomic E-state index is -1.59. The third-order valence-electron chi connectivity index (χ3n) is 4.93. The normalized spacial score (nSPS) is 12.8. The second kappa shape index (κ2) is 11.3. The van der Waals surface area contributed by atoms with E-state index in [1.165, 1.54) is 10.8 Å². The van der Waals surface area contributed by atoms with Crippen molar-refractivity contribution in [3.63, 3.8) is 0 Å². The van der Waals surface area contributed by atoms with Crippen LogP contribution in [0.1, 0.15) is 54.4 Å². The molecule has 0 aliphatic carbocycles. The van der Waals surface area contributed by atoms with Crippen LogP contribution in [0.25, 0.3) is 0 Å². The van der Waals surface area contributed by atoms with E-state index in [0.717, 1.165) is 6.42 Å². The Labute approximate surface area is 167 Å². The van der Waals surface area contributed by atoms with E-state index in [2.05, 4.69) is 96.1 Å². The van der Waals surface area contributed by atoms with Crippen molar-refractivity contribution in [2.45, 2.75) is 90.6 Å². The molecule has 0 unspecified atom stereocenters. The van der Waals surface area contributed by atoms with Crippen LogP contribution in [-0.4, -0.2) is 32.8 Å². The fourth-order valence-corrected chi connectivity index (χ4v) is 9.34. The van der Waals surface area contributed by atoms with E-state index in [-0.39, 0.29) is 6.61 Å². The van der Waals surface area contributed by atoms with Crippen LogP contribution < -0.4 is 0 Å². The number of halogens is 1. The number of aliphatic hydroxyl groups excluding tert-OH is 1. The Morgan fingerprint density at radius 2 is 1.33 bits per heavy atom. The molecule has 0 bridgehead atoms. The van der Waals surface area contributed by atoms with Crippen LogP contribution in [-0.2, 0) is 4.12 Å². The molecule has 0 aromatic heterocycles. The highest BCUT2D eigenvalue weighted by Crippen LogP contribution is 2.44. The molecule has 0 aliphatic rings. The maximum absolute atomic E-state index is 8.28. The van der Waals surface area contributed by atoms with Crippen LogP contribution in [0.4, 0.5) is 0 Å². The summed E-state index contributed by atoms with van der Waals surface area (Å²) in [7, 11) is -3.18. The van der Waals surface area contributed by atoms with Crippen molar-refractivity contribution in [3.05, 3.63) is 17.9 Å². The average Bonchev–Trinajstić information content (AvgIpc) is 2.35. The van der Waals surface area contributed by atoms with Gasteiger partial charge in [0.05, 0.1) is 6.61 Å². The van der Waals surface area contributed by atoms with Gasteiger partial charge in [-0.3, -0.25) is 0 Å². The first-order valence-corrected chi connectivity index (χ1v) is 16.2. The topological polar surface area (TPSA) is 29.5 Å². The Hall–Kier alpha value is 0.604. The van der Waals surface area contributed by atoms with E-state index in [1.807, 2.05) is 6.08 Å². The lowest BCUT2D eigenvalue weighted by molar-refractivity contribution is 0.343. The molecular weight excluding hydrogens is 443 g/mol. The lowest BCUT2D eigenvalue weighted by Crippen LogP contribution is -2.53. The molecule has 144 valence electrons. The predicted octanol–water partition coefficient (Wildman–Crippen LogP) is 6.92. The molecule has 0 aromatic carbocycles. The van der Waals surface area contributed by atoms with Crippen LogP contribution in [0.2, 0.25) is 36.3 Å². The van der Waals surface area contributed by atoms with Gasteiger partial charge in [0.1, 0.15) is 0 Å². The molecule has 0 aromatic rings. The van der Waals surface area contributed by atoms with Gasteiger partial charge in [0, 0.05) is 0 Å². The van der Waals surface area contributed by atoms with Gasteiger partial charge in [-0.1, -0.05) is 64.1 Å². The molecule has 5 heteroatoms. The number of hydrogen-bond donors (Lipinski definition) is 1. The molecule has 0 aliphatic heterocycles. The highest BCUT2D eigenvalue weighted by Gasteiger charge is 2.46. The Kier molecular flexibility index (Phi) is 12.7. The average molecular weight is 485 g/mol. The van der Waals surface area contributed by atoms with E-state index in [9.17, 15) is 0 Å². The van der Waals surface area contributed by atoms with E-state index < -0.39 is 16.6 Å². The lowest BCUT2D eigenvalue weighted by Gasteiger charge is -2.47. The number of hydrogen-bond acceptors (Lipinski definition) is 2. The molecule has 0 radical (unpaired) electrons. The summed E-state index contributed by atoms with van der Waals surface area (Å²) < 4.78 is 7.82. The zero-order chi connectivity index (χ0) is 19.7. The smallest absolute Gasteiger partial charge is 0.178 e. The summed E-state index contributed by atoms with van der Waals surface area (Å²) in [4.78, 5) is 0. The summed E-state index contributed by atoms with van der Waals surface area (Å²) in [6, 6.07) is 0. The van der Waals surface area contributed by atoms with E-state index >= 15 is 0 Å². The molecule has 24 heavy (non-hydrogen) atoms. The minimum absolute atomic E-state index is 0.0980. The Bertz CT molecular complexity index is 375. The first-order valence-electron chi connectivity index (χ1n) is 8.89. The van der Waals surface area contributed by atoms with Gasteiger partial charge >= 0.3 is 0 Å². The predicted molar refractivity (Wildman–Crippen MR) is 123 cm³/mol. The number of alkyl halides is 1. The van der Waals surface area contributed by atoms with Crippen LogP contribution in [0.5, 0.6) is 0 Å². The van der Waals surface area contributed by atoms with Gasteiger partial charge in [0.25, 0.3) is 0 Å². The maximum atomic E-state index is 8.28. The highest BCUT2D eigenvalue weighted by molar-refractivity contribution is 14.1. The van der Waals surface area contributed by atoms with E-state index in [0.29, 0.717) is 10.1 Å². The number of rotatable bonds is 6. The van der Waals surface area contributed by atoms with Crippen LogP contribution in [0.3, 0.4) is 0 Å². The second-order valence-corrected chi connectivity index (χ2v) is 20.1. The molecule has 2 nitrogen and oxygen atoms in total. The zero-order valence-corrected chi connectivity index (χ0v) is 21.9. The van der Waals surface area contributed by atoms with Crippen LogP contribution in [0.15, 0.2) is 17.9 Å². The molecule has 0 rings (SSSR count). The monoisotopic (exact) mass is 484 g/mol. The molecule has 0 saturated heterocycles. The standard InChI is InChI=1S/C12H30OSi2.C7H11IO/c1-11(2,3)14(7,8)13-15(9,10)12(4,5)6;8-6-4-2-1-3-5-7-9/h1-10H3;1,5,9H,2,4,6-7H2. The summed E-state index contributed by atoms with van der Waals surface area (Å²) in [6.07, 6.45) is 5.84. The third-order valence-corrected chi connectivity index (χ3v) is 17.0. The van der Waals surface area contributed by atoms with E-state index in [1.54, 1.807) is 6.08 Å². The van der Waals surface area contributed by atoms with Gasteiger partial charge in [0.2, 0.25) is 0 Å². The van der Waals surface area contributed by atoms with Gasteiger partial charge in [-0.05, 0) is 65.7 Å². The molecule has 0 atom stereocenters. The van der Waals surface area contributed by atoms with Crippen LogP contribution >= 0.6 is 22.6 Å². The summed E-state index contributed by atoms with van der Waals surface area (Å²) in [5, 5.41) is 8.93. The van der Waals surface area contributed by atoms with Crippen molar-refractivity contribution in [1.82, 2.24) is 0 Å². The molecule has 0 saturated carbocycles. The Morgan fingerprint density at radius 1 is 0.917 bits per heavy atom. The molecule has 0 fully saturated rings. The molecule has 0 heterocycles. The molecule has 0 amide bonds. The Balaban J connectivity index is 0. The van der Waals surface area contributed by atoms with Crippen molar-refractivity contribution in [1.29, 1.82) is 0 Å². The van der Waals surface area contributed by atoms with Gasteiger partial charge < -0.3 is 9.22 Å². The van der Waals surface area contributed by atoms with Crippen molar-refractivity contribution in [3.8, 4) is 0 Å². The summed E-state index contributed by atoms with van der Waals surface area (Å²) in [5.41, 5.74) is 2.87. The first kappa shape index (κ1) is 26.8. The highest BCUT2D eigenvalue weighted by atomic mass is 127. The fraction of sp³-hybridized carbons (Fsp3) is 0.842. The fourth-order valence-electron chi connectivity index (χ4n) is 1.34. The first-order chi connectivity index (χ1) is 10.6. The minimum Gasteiger partial charge on any atom is -0.455 e. The lowest BCUT2D eigenvalue weighted by atomic mass is 10.2. The Morgan fingerprint density at radius 3 is 1.62 bits per heavy atom. The van der Waals surface area contributed by atoms with E-state index in [4.69, 9.17) is 9.22 Å². The summed E-state index contributed by atoms with van der Waals surface area (Å²) in [5.74, 6) is 0. The zero-order valence-electron chi connectivity index (χ0n) is 17.7. The van der Waals surface area contributed by atoms with Gasteiger partial charge in [-0.25, -0.2) is 0 Å². The summed E-state index contributed by atoms with van der Waals surface area (Å²) in [6.45, 7) is 23.4. The van der Waals surface area contributed by atoms with Crippen molar-refractivity contribution in [2.24, 2.45) is 0 Å². The molecular formula is C19H41IO2Si2. The van der Waals surface area contributed by atoms with Crippen LogP contribution in [0, 0.1) is 0 Å². The quantitative estimate of drug-likeness (QED) is 0.146. The second-order valence-electron chi connectivity index (χ2n) is 9.21. The van der Waals surface area contributed by atoms with Crippen molar-refractivity contribution < 1.29 is 9.22 Å². The largest absolute Gasteiger partial charge is 0.455 e. The molecule has 1 N–H and O–H groups in total. The summed E-state index contributed by atoms with van der Waals surface area (Å²) >= 11 is 2.34. The molecule has 0 spiro atoms. The van der Waals surface area contributed by atoms with Crippen molar-refractivity contribution >= 4 is 39.2 Å². The third kappa shape index (κ3) is 11.3. The van der Waals surface area contributed by atoms with Crippen molar-refractivity contribution in [2.75, 3.05) is 11.0 Å². The number of aliphatic hydroxyl groups is 1.